The van der Waals surface area contributed by atoms with Crippen LogP contribution in [0, 0.1) is 5.92 Å². The van der Waals surface area contributed by atoms with E-state index in [0.717, 1.165) is 24.3 Å². The molecule has 0 bridgehead atoms. The van der Waals surface area contributed by atoms with Crippen molar-refractivity contribution in [3.63, 3.8) is 0 Å². The topological polar surface area (TPSA) is 25.2 Å². The van der Waals surface area contributed by atoms with Gasteiger partial charge < -0.3 is 9.47 Å². The Labute approximate surface area is 111 Å². The van der Waals surface area contributed by atoms with Gasteiger partial charge in [-0.2, -0.15) is 0 Å². The second-order valence-corrected chi connectivity index (χ2v) is 5.46. The highest BCUT2D eigenvalue weighted by atomic mass is 79.9. The second-order valence-electron chi connectivity index (χ2n) is 4.67. The van der Waals surface area contributed by atoms with Gasteiger partial charge in [0.1, 0.15) is 0 Å². The molecule has 0 radical (unpaired) electrons. The Bertz CT molecular complexity index is 404. The lowest BCUT2D eigenvalue weighted by Gasteiger charge is -2.16. The minimum atomic E-state index is 0.101. The van der Waals surface area contributed by atoms with E-state index in [0.29, 0.717) is 0 Å². The van der Waals surface area contributed by atoms with E-state index >= 15 is 0 Å². The summed E-state index contributed by atoms with van der Waals surface area (Å²) in [6.45, 7) is 4.16. The fraction of sp³-hybridized carbons (Fsp3) is 0.615. The number of aromatic nitrogens is 1. The quantitative estimate of drug-likeness (QED) is 0.777. The van der Waals surface area contributed by atoms with Gasteiger partial charge in [-0.25, -0.2) is 0 Å². The number of rotatable bonds is 5. The van der Waals surface area contributed by atoms with Crippen LogP contribution in [0.1, 0.15) is 12.8 Å². The maximum atomic E-state index is 11.5. The summed E-state index contributed by atoms with van der Waals surface area (Å²) in [5.74, 6) is 0.835. The maximum absolute atomic E-state index is 11.5. The standard InChI is InChI=1S/C13H19BrN2O/c14-6-4-12-5-8-15(11-12)9-10-16-7-2-1-3-13(16)17/h1-3,7,12H,4-6,8-11H2. The molecule has 1 aromatic rings. The van der Waals surface area contributed by atoms with Crippen LogP contribution in [0.3, 0.4) is 0 Å². The number of nitrogens with zero attached hydrogens (tertiary/aromatic N) is 2. The first-order valence-corrected chi connectivity index (χ1v) is 7.35. The SMILES string of the molecule is O=c1ccccn1CCN1CCC(CCBr)C1. The highest BCUT2D eigenvalue weighted by Gasteiger charge is 2.21. The molecule has 1 aliphatic rings. The van der Waals surface area contributed by atoms with Crippen LogP contribution >= 0.6 is 15.9 Å². The van der Waals surface area contributed by atoms with E-state index in [1.807, 2.05) is 12.3 Å². The number of hydrogen-bond acceptors (Lipinski definition) is 2. The molecule has 17 heavy (non-hydrogen) atoms. The second kappa shape index (κ2) is 6.36. The predicted octanol–water partition coefficient (Wildman–Crippen LogP) is 1.96. The molecule has 94 valence electrons. The summed E-state index contributed by atoms with van der Waals surface area (Å²) in [7, 11) is 0. The highest BCUT2D eigenvalue weighted by molar-refractivity contribution is 9.09. The summed E-state index contributed by atoms with van der Waals surface area (Å²) in [6.07, 6.45) is 4.44. The summed E-state index contributed by atoms with van der Waals surface area (Å²) < 4.78 is 1.79. The molecule has 0 N–H and O–H groups in total. The normalized spacial score (nSPS) is 20.9. The fourth-order valence-electron chi connectivity index (χ4n) is 2.40. The molecule has 4 heteroatoms. The molecule has 1 saturated heterocycles. The molecule has 0 aliphatic carbocycles. The van der Waals surface area contributed by atoms with Crippen LogP contribution in [0.25, 0.3) is 0 Å². The number of likely N-dealkylation sites (tertiary alicyclic amines) is 1. The smallest absolute Gasteiger partial charge is 0.250 e. The van der Waals surface area contributed by atoms with E-state index in [4.69, 9.17) is 0 Å². The largest absolute Gasteiger partial charge is 0.314 e. The van der Waals surface area contributed by atoms with Crippen LogP contribution in [0.2, 0.25) is 0 Å². The van der Waals surface area contributed by atoms with E-state index in [9.17, 15) is 4.79 Å². The molecule has 1 unspecified atom stereocenters. The van der Waals surface area contributed by atoms with Crippen molar-refractivity contribution in [3.8, 4) is 0 Å². The third-order valence-electron chi connectivity index (χ3n) is 3.44. The van der Waals surface area contributed by atoms with Crippen molar-refractivity contribution < 1.29 is 0 Å². The molecular weight excluding hydrogens is 280 g/mol. The maximum Gasteiger partial charge on any atom is 0.250 e. The van der Waals surface area contributed by atoms with E-state index in [-0.39, 0.29) is 5.56 Å². The first-order chi connectivity index (χ1) is 8.29. The molecule has 0 saturated carbocycles. The first kappa shape index (κ1) is 12.8. The molecule has 1 fully saturated rings. The fourth-order valence-corrected chi connectivity index (χ4v) is 3.05. The van der Waals surface area contributed by atoms with Gasteiger partial charge in [-0.15, -0.1) is 0 Å². The number of pyridine rings is 1. The van der Waals surface area contributed by atoms with Crippen molar-refractivity contribution in [1.29, 1.82) is 0 Å². The monoisotopic (exact) mass is 298 g/mol. The zero-order valence-corrected chi connectivity index (χ0v) is 11.6. The third-order valence-corrected chi connectivity index (χ3v) is 3.90. The molecule has 1 atom stereocenters. The summed E-state index contributed by atoms with van der Waals surface area (Å²) >= 11 is 3.50. The van der Waals surface area contributed by atoms with Crippen LogP contribution in [-0.2, 0) is 6.54 Å². The van der Waals surface area contributed by atoms with Crippen molar-refractivity contribution in [1.82, 2.24) is 9.47 Å². The Morgan fingerprint density at radius 1 is 1.35 bits per heavy atom. The minimum Gasteiger partial charge on any atom is -0.314 e. The lowest BCUT2D eigenvalue weighted by Crippen LogP contribution is -2.29. The Morgan fingerprint density at radius 3 is 3.00 bits per heavy atom. The zero-order valence-electron chi connectivity index (χ0n) is 10.0. The number of alkyl halides is 1. The van der Waals surface area contributed by atoms with Crippen molar-refractivity contribution in [2.24, 2.45) is 5.92 Å². The Balaban J connectivity index is 1.80. The average molecular weight is 299 g/mol. The van der Waals surface area contributed by atoms with Crippen molar-refractivity contribution in [3.05, 3.63) is 34.7 Å². The predicted molar refractivity (Wildman–Crippen MR) is 73.7 cm³/mol. The van der Waals surface area contributed by atoms with E-state index in [2.05, 4.69) is 20.8 Å². The van der Waals surface area contributed by atoms with Crippen LogP contribution in [-0.4, -0.2) is 34.4 Å². The van der Waals surface area contributed by atoms with Gasteiger partial charge >= 0.3 is 0 Å². The van der Waals surface area contributed by atoms with Gasteiger partial charge in [-0.3, -0.25) is 4.79 Å². The third kappa shape index (κ3) is 3.68. The lowest BCUT2D eigenvalue weighted by molar-refractivity contribution is 0.307. The van der Waals surface area contributed by atoms with E-state index in [1.54, 1.807) is 16.7 Å². The molecule has 2 rings (SSSR count). The van der Waals surface area contributed by atoms with Gasteiger partial charge in [0, 0.05) is 37.2 Å². The van der Waals surface area contributed by atoms with Gasteiger partial charge in [-0.05, 0) is 31.4 Å². The van der Waals surface area contributed by atoms with Gasteiger partial charge in [-0.1, -0.05) is 22.0 Å². The molecular formula is C13H19BrN2O. The molecule has 0 aromatic carbocycles. The van der Waals surface area contributed by atoms with E-state index < -0.39 is 0 Å². The van der Waals surface area contributed by atoms with Gasteiger partial charge in [0.05, 0.1) is 0 Å². The molecule has 2 heterocycles. The minimum absolute atomic E-state index is 0.101. The summed E-state index contributed by atoms with van der Waals surface area (Å²) in [5.41, 5.74) is 0.101. The van der Waals surface area contributed by atoms with Gasteiger partial charge in [0.2, 0.25) is 0 Å². The summed E-state index contributed by atoms with van der Waals surface area (Å²) in [4.78, 5) is 14.0. The summed E-state index contributed by atoms with van der Waals surface area (Å²) in [5, 5.41) is 1.10. The molecule has 3 nitrogen and oxygen atoms in total. The first-order valence-electron chi connectivity index (χ1n) is 6.23. The van der Waals surface area contributed by atoms with Crippen LogP contribution in [0.5, 0.6) is 0 Å². The molecule has 1 aliphatic heterocycles. The lowest BCUT2D eigenvalue weighted by atomic mass is 10.1. The van der Waals surface area contributed by atoms with Crippen LogP contribution in [0.4, 0.5) is 0 Å². The van der Waals surface area contributed by atoms with Gasteiger partial charge in [0.25, 0.3) is 5.56 Å². The molecule has 1 aromatic heterocycles. The summed E-state index contributed by atoms with van der Waals surface area (Å²) in [6, 6.07) is 5.33. The number of hydrogen-bond donors (Lipinski definition) is 0. The van der Waals surface area contributed by atoms with Crippen LogP contribution < -0.4 is 5.56 Å². The Hall–Kier alpha value is -0.610. The Morgan fingerprint density at radius 2 is 2.24 bits per heavy atom. The Kier molecular flexibility index (Phi) is 4.80. The average Bonchev–Trinajstić information content (AvgIpc) is 2.76. The molecule has 0 amide bonds. The van der Waals surface area contributed by atoms with Crippen molar-refractivity contribution >= 4 is 15.9 Å². The van der Waals surface area contributed by atoms with Gasteiger partial charge in [0.15, 0.2) is 0 Å². The zero-order chi connectivity index (χ0) is 12.1. The van der Waals surface area contributed by atoms with E-state index in [1.165, 1.54) is 25.9 Å². The molecule has 0 spiro atoms. The van der Waals surface area contributed by atoms with Crippen molar-refractivity contribution in [2.45, 2.75) is 19.4 Å². The number of halogens is 1. The van der Waals surface area contributed by atoms with Crippen LogP contribution in [0.15, 0.2) is 29.2 Å². The highest BCUT2D eigenvalue weighted by Crippen LogP contribution is 2.19. The van der Waals surface area contributed by atoms with Crippen molar-refractivity contribution in [2.75, 3.05) is 25.0 Å².